The molecule has 0 unspecified atom stereocenters. The number of piperazine rings is 1. The molecule has 35 heavy (non-hydrogen) atoms. The van der Waals surface area contributed by atoms with Gasteiger partial charge in [-0.1, -0.05) is 0 Å². The Labute approximate surface area is 204 Å². The molecule has 0 saturated carbocycles. The van der Waals surface area contributed by atoms with Gasteiger partial charge in [-0.15, -0.1) is 5.10 Å². The van der Waals surface area contributed by atoms with Gasteiger partial charge in [-0.25, -0.2) is 9.97 Å². The number of aromatic nitrogens is 4. The van der Waals surface area contributed by atoms with Crippen molar-refractivity contribution >= 4 is 17.5 Å². The minimum atomic E-state index is -0.392. The highest BCUT2D eigenvalue weighted by Crippen LogP contribution is 2.24. The number of nitrogens with one attached hydrogen (secondary N) is 2. The Bertz CT molecular complexity index is 1120. The molecule has 1 aliphatic heterocycles. The summed E-state index contributed by atoms with van der Waals surface area (Å²) < 4.78 is 16.3. The number of rotatable bonds is 8. The van der Waals surface area contributed by atoms with Crippen LogP contribution in [0.25, 0.3) is 0 Å². The lowest BCUT2D eigenvalue weighted by Gasteiger charge is -2.42. The fourth-order valence-electron chi connectivity index (χ4n) is 3.93. The van der Waals surface area contributed by atoms with Crippen LogP contribution in [-0.2, 0) is 6.61 Å². The second kappa shape index (κ2) is 10.6. The van der Waals surface area contributed by atoms with Gasteiger partial charge >= 0.3 is 0 Å². The van der Waals surface area contributed by atoms with Crippen molar-refractivity contribution in [3.63, 3.8) is 0 Å². The molecule has 1 amide bonds. The molecule has 0 bridgehead atoms. The molecule has 1 fully saturated rings. The minimum absolute atomic E-state index is 0.213. The average Bonchev–Trinajstić information content (AvgIpc) is 3.32. The third-order valence-electron chi connectivity index (χ3n) is 6.16. The molecule has 186 valence electrons. The number of methoxy groups -OCH3 is 2. The Morgan fingerprint density at radius 2 is 1.74 bits per heavy atom. The van der Waals surface area contributed by atoms with E-state index in [1.165, 1.54) is 6.20 Å². The van der Waals surface area contributed by atoms with Crippen LogP contribution < -0.4 is 24.4 Å². The monoisotopic (exact) mass is 481 g/mol. The van der Waals surface area contributed by atoms with Gasteiger partial charge in [0.25, 0.3) is 5.91 Å². The van der Waals surface area contributed by atoms with E-state index in [0.29, 0.717) is 35.3 Å². The normalized spacial score (nSPS) is 18.3. The van der Waals surface area contributed by atoms with Crippen LogP contribution >= 0.6 is 0 Å². The van der Waals surface area contributed by atoms with Crippen LogP contribution in [0.4, 0.5) is 11.6 Å². The van der Waals surface area contributed by atoms with Gasteiger partial charge in [0.15, 0.2) is 0 Å². The van der Waals surface area contributed by atoms with Crippen LogP contribution in [0.1, 0.15) is 29.9 Å². The number of likely N-dealkylation sites (N-methyl/N-ethyl adjacent to an activating group) is 1. The second-order valence-electron chi connectivity index (χ2n) is 8.61. The first kappa shape index (κ1) is 24.3. The van der Waals surface area contributed by atoms with Crippen molar-refractivity contribution in [2.45, 2.75) is 32.5 Å². The Morgan fingerprint density at radius 3 is 2.34 bits per heavy atom. The highest BCUT2D eigenvalue weighted by molar-refractivity contribution is 6.02. The van der Waals surface area contributed by atoms with Crippen LogP contribution in [0.15, 0.2) is 36.7 Å². The summed E-state index contributed by atoms with van der Waals surface area (Å²) >= 11 is 0. The largest absolute Gasteiger partial charge is 0.497 e. The minimum Gasteiger partial charge on any atom is -0.497 e. The quantitative estimate of drug-likeness (QED) is 0.500. The second-order valence-corrected chi connectivity index (χ2v) is 8.61. The molecule has 2 N–H and O–H groups in total. The molecule has 1 aromatic carbocycles. The summed E-state index contributed by atoms with van der Waals surface area (Å²) in [5.41, 5.74) is 1.07. The summed E-state index contributed by atoms with van der Waals surface area (Å²) in [7, 11) is 5.31. The Hall–Kier alpha value is -3.86. The fourth-order valence-corrected chi connectivity index (χ4v) is 3.93. The van der Waals surface area contributed by atoms with E-state index in [0.717, 1.165) is 24.5 Å². The lowest BCUT2D eigenvalue weighted by Crippen LogP contribution is -2.55. The van der Waals surface area contributed by atoms with E-state index in [1.807, 2.05) is 12.1 Å². The molecule has 2 aromatic heterocycles. The molecular formula is C24H31N7O4. The van der Waals surface area contributed by atoms with E-state index in [2.05, 4.69) is 56.2 Å². The predicted octanol–water partition coefficient (Wildman–Crippen LogP) is 2.58. The van der Waals surface area contributed by atoms with Crippen LogP contribution in [0, 0.1) is 0 Å². The van der Waals surface area contributed by atoms with E-state index < -0.39 is 5.91 Å². The van der Waals surface area contributed by atoms with Gasteiger partial charge in [0.2, 0.25) is 5.88 Å². The molecule has 3 heterocycles. The van der Waals surface area contributed by atoms with Gasteiger partial charge in [-0.05, 0) is 38.6 Å². The number of hydrogen-bond donors (Lipinski definition) is 2. The maximum atomic E-state index is 12.6. The summed E-state index contributed by atoms with van der Waals surface area (Å²) in [4.78, 5) is 26.0. The number of carbonyl (C=O) groups excluding carboxylic acids is 1. The number of anilines is 2. The van der Waals surface area contributed by atoms with Crippen molar-refractivity contribution in [2.24, 2.45) is 0 Å². The number of amides is 1. The number of hydrogen-bond acceptors (Lipinski definition) is 9. The molecule has 11 heteroatoms. The number of benzene rings is 1. The number of H-pyrrole nitrogens is 1. The maximum Gasteiger partial charge on any atom is 0.277 e. The molecule has 0 aliphatic carbocycles. The Balaban J connectivity index is 1.33. The van der Waals surface area contributed by atoms with Crippen LogP contribution in [-0.4, -0.2) is 77.4 Å². The van der Waals surface area contributed by atoms with Crippen molar-refractivity contribution in [1.82, 2.24) is 25.1 Å². The predicted molar refractivity (Wildman–Crippen MR) is 131 cm³/mol. The lowest BCUT2D eigenvalue weighted by atomic mass is 10.1. The first-order chi connectivity index (χ1) is 16.9. The van der Waals surface area contributed by atoms with Crippen molar-refractivity contribution < 1.29 is 19.0 Å². The fraction of sp³-hybridized carbons (Fsp3) is 0.417. The van der Waals surface area contributed by atoms with E-state index >= 15 is 0 Å². The van der Waals surface area contributed by atoms with Gasteiger partial charge in [0.05, 0.1) is 26.6 Å². The molecule has 1 aliphatic rings. The van der Waals surface area contributed by atoms with Gasteiger partial charge < -0.3 is 24.4 Å². The number of nitrogens with zero attached hydrogens (tertiary/aromatic N) is 5. The van der Waals surface area contributed by atoms with E-state index in [-0.39, 0.29) is 12.3 Å². The average molecular weight is 482 g/mol. The van der Waals surface area contributed by atoms with Gasteiger partial charge in [0, 0.05) is 37.3 Å². The van der Waals surface area contributed by atoms with Crippen molar-refractivity contribution in [1.29, 1.82) is 0 Å². The molecule has 11 nitrogen and oxygen atoms in total. The van der Waals surface area contributed by atoms with Crippen molar-refractivity contribution in [3.05, 3.63) is 47.9 Å². The summed E-state index contributed by atoms with van der Waals surface area (Å²) in [5.74, 6) is 2.43. The molecular weight excluding hydrogens is 450 g/mol. The summed E-state index contributed by atoms with van der Waals surface area (Å²) in [6.45, 7) is 6.35. The maximum absolute atomic E-state index is 12.6. The highest BCUT2D eigenvalue weighted by Gasteiger charge is 2.27. The smallest absolute Gasteiger partial charge is 0.277 e. The molecule has 4 rings (SSSR count). The van der Waals surface area contributed by atoms with Crippen molar-refractivity contribution in [3.8, 4) is 17.4 Å². The molecule has 3 aromatic rings. The van der Waals surface area contributed by atoms with Crippen LogP contribution in [0.5, 0.6) is 17.4 Å². The number of ether oxygens (including phenoxy) is 3. The summed E-state index contributed by atoms with van der Waals surface area (Å²) in [6.07, 6.45) is 3.13. The lowest BCUT2D eigenvalue weighted by molar-refractivity contribution is 0.102. The molecule has 0 spiro atoms. The zero-order valence-electron chi connectivity index (χ0n) is 20.6. The Kier molecular flexibility index (Phi) is 7.35. The first-order valence-corrected chi connectivity index (χ1v) is 11.4. The summed E-state index contributed by atoms with van der Waals surface area (Å²) in [6, 6.07) is 7.91. The Morgan fingerprint density at radius 1 is 1.06 bits per heavy atom. The van der Waals surface area contributed by atoms with E-state index in [9.17, 15) is 4.79 Å². The third-order valence-corrected chi connectivity index (χ3v) is 6.16. The zero-order valence-corrected chi connectivity index (χ0v) is 20.6. The van der Waals surface area contributed by atoms with Crippen molar-refractivity contribution in [2.75, 3.05) is 44.6 Å². The standard InChI is InChI=1S/C24H31N7O4/c1-15-12-31(13-16(2)30(15)3)22-11-25-20(10-26-22)24(32)27-21-9-23(29-28-21)35-14-17-6-18(33-4)8-19(7-17)34-5/h6-11,15-16H,12-14H2,1-5H3,(H2,27,28,29,32)/t15-,16+. The zero-order chi connectivity index (χ0) is 24.9. The third kappa shape index (κ3) is 5.80. The summed E-state index contributed by atoms with van der Waals surface area (Å²) in [5, 5.41) is 9.57. The first-order valence-electron chi connectivity index (χ1n) is 11.4. The number of aromatic amines is 1. The number of carbonyl (C=O) groups is 1. The SMILES string of the molecule is COc1cc(COc2cc(NC(=O)c3cnc(N4C[C@@H](C)N(C)[C@@H](C)C4)cn3)[nH]n2)cc(OC)c1. The molecule has 1 saturated heterocycles. The van der Waals surface area contributed by atoms with E-state index in [1.54, 1.807) is 32.5 Å². The highest BCUT2D eigenvalue weighted by atomic mass is 16.5. The van der Waals surface area contributed by atoms with Gasteiger partial charge in [-0.2, -0.15) is 0 Å². The molecule has 0 radical (unpaired) electrons. The van der Waals surface area contributed by atoms with Crippen LogP contribution in [0.3, 0.4) is 0 Å². The van der Waals surface area contributed by atoms with Crippen LogP contribution in [0.2, 0.25) is 0 Å². The van der Waals surface area contributed by atoms with E-state index in [4.69, 9.17) is 14.2 Å². The van der Waals surface area contributed by atoms with Gasteiger partial charge in [0.1, 0.15) is 35.4 Å². The molecule has 2 atom stereocenters. The van der Waals surface area contributed by atoms with Gasteiger partial charge in [-0.3, -0.25) is 14.8 Å². The topological polar surface area (TPSA) is 118 Å².